The maximum Gasteiger partial charge on any atom is 0.149 e. The molecule has 2 aromatic heterocycles. The Morgan fingerprint density at radius 2 is 1.84 bits per heavy atom. The third-order valence-electron chi connectivity index (χ3n) is 4.95. The molecular formula is C25H25N3O2S. The van der Waals surface area contributed by atoms with Crippen LogP contribution in [0.2, 0.25) is 0 Å². The van der Waals surface area contributed by atoms with Crippen molar-refractivity contribution in [2.75, 3.05) is 6.61 Å². The van der Waals surface area contributed by atoms with Crippen molar-refractivity contribution in [3.63, 3.8) is 0 Å². The summed E-state index contributed by atoms with van der Waals surface area (Å²) in [5, 5.41) is 2.03. The van der Waals surface area contributed by atoms with Crippen LogP contribution in [0.3, 0.4) is 0 Å². The number of fused-ring (bicyclic) bond motifs is 1. The molecule has 0 aliphatic rings. The number of rotatable bonds is 8. The zero-order valence-corrected chi connectivity index (χ0v) is 18.7. The van der Waals surface area contributed by atoms with Gasteiger partial charge in [0.2, 0.25) is 0 Å². The minimum Gasteiger partial charge on any atom is -0.494 e. The minimum atomic E-state index is 0.132. The number of ketones is 1. The van der Waals surface area contributed by atoms with Crippen molar-refractivity contribution >= 4 is 28.6 Å². The molecule has 0 fully saturated rings. The molecule has 4 rings (SSSR count). The van der Waals surface area contributed by atoms with E-state index < -0.39 is 0 Å². The van der Waals surface area contributed by atoms with Crippen LogP contribution < -0.4 is 4.74 Å². The van der Waals surface area contributed by atoms with Gasteiger partial charge in [0.15, 0.2) is 0 Å². The Morgan fingerprint density at radius 3 is 2.52 bits per heavy atom. The van der Waals surface area contributed by atoms with Crippen LogP contribution in [0.25, 0.3) is 27.8 Å². The van der Waals surface area contributed by atoms with Crippen molar-refractivity contribution in [3.8, 4) is 22.6 Å². The van der Waals surface area contributed by atoms with E-state index in [-0.39, 0.29) is 11.0 Å². The molecule has 158 valence electrons. The zero-order valence-electron chi connectivity index (χ0n) is 17.9. The molecule has 0 N–H and O–H groups in total. The van der Waals surface area contributed by atoms with Gasteiger partial charge in [0.05, 0.1) is 12.0 Å². The summed E-state index contributed by atoms with van der Waals surface area (Å²) in [4.78, 5) is 20.8. The van der Waals surface area contributed by atoms with Crippen LogP contribution in [0.1, 0.15) is 27.2 Å². The number of ether oxygens (including phenoxy) is 1. The van der Waals surface area contributed by atoms with Crippen LogP contribution in [0.5, 0.6) is 5.75 Å². The van der Waals surface area contributed by atoms with E-state index in [1.807, 2.05) is 49.4 Å². The molecule has 0 saturated carbocycles. The summed E-state index contributed by atoms with van der Waals surface area (Å²) < 4.78 is 7.68. The number of benzene rings is 2. The standard InChI is InChI=1S/C25H25N3O2S/c1-4-30-21-12-10-20(11-13-21)28-15-22(19-8-6-5-7-9-19)23-24(28)26-16-27-25(23)31-18(3)14-17(2)29/h5-13,15-16,18H,4,14H2,1-3H3. The third-order valence-corrected chi connectivity index (χ3v) is 6.05. The smallest absolute Gasteiger partial charge is 0.149 e. The second kappa shape index (κ2) is 9.35. The van der Waals surface area contributed by atoms with Gasteiger partial charge in [-0.05, 0) is 43.7 Å². The Bertz CT molecular complexity index is 1190. The molecule has 31 heavy (non-hydrogen) atoms. The number of Topliss-reactive ketones (excluding diaryl/α,β-unsaturated/α-hetero) is 1. The molecule has 1 atom stereocenters. The number of carbonyl (C=O) groups excluding carboxylic acids is 1. The highest BCUT2D eigenvalue weighted by Crippen LogP contribution is 2.38. The van der Waals surface area contributed by atoms with Crippen LogP contribution >= 0.6 is 11.8 Å². The fraction of sp³-hybridized carbons (Fsp3) is 0.240. The van der Waals surface area contributed by atoms with Gasteiger partial charge in [-0.15, -0.1) is 11.8 Å². The fourth-order valence-corrected chi connectivity index (χ4v) is 4.79. The Hall–Kier alpha value is -3.12. The molecular weight excluding hydrogens is 406 g/mol. The van der Waals surface area contributed by atoms with Crippen molar-refractivity contribution in [2.45, 2.75) is 37.5 Å². The van der Waals surface area contributed by atoms with E-state index >= 15 is 0 Å². The molecule has 0 bridgehead atoms. The van der Waals surface area contributed by atoms with Crippen molar-refractivity contribution in [1.29, 1.82) is 0 Å². The summed E-state index contributed by atoms with van der Waals surface area (Å²) in [5.41, 5.74) is 4.02. The molecule has 1 unspecified atom stereocenters. The summed E-state index contributed by atoms with van der Waals surface area (Å²) in [7, 11) is 0. The molecule has 0 radical (unpaired) electrons. The molecule has 2 heterocycles. The van der Waals surface area contributed by atoms with Gasteiger partial charge in [0, 0.05) is 29.1 Å². The van der Waals surface area contributed by atoms with E-state index in [1.165, 1.54) is 0 Å². The first-order valence-corrected chi connectivity index (χ1v) is 11.3. The average Bonchev–Trinajstić information content (AvgIpc) is 3.15. The van der Waals surface area contributed by atoms with E-state index in [4.69, 9.17) is 4.74 Å². The van der Waals surface area contributed by atoms with E-state index in [9.17, 15) is 4.79 Å². The van der Waals surface area contributed by atoms with Crippen LogP contribution in [0.4, 0.5) is 0 Å². The van der Waals surface area contributed by atoms with E-state index in [0.29, 0.717) is 13.0 Å². The predicted molar refractivity (Wildman–Crippen MR) is 126 cm³/mol. The number of thioether (sulfide) groups is 1. The lowest BCUT2D eigenvalue weighted by Gasteiger charge is -2.10. The Morgan fingerprint density at radius 1 is 1.10 bits per heavy atom. The van der Waals surface area contributed by atoms with Gasteiger partial charge in [-0.2, -0.15) is 0 Å². The molecule has 0 spiro atoms. The van der Waals surface area contributed by atoms with Gasteiger partial charge in [0.1, 0.15) is 28.5 Å². The van der Waals surface area contributed by atoms with E-state index in [1.54, 1.807) is 25.0 Å². The highest BCUT2D eigenvalue weighted by atomic mass is 32.2. The van der Waals surface area contributed by atoms with Crippen LogP contribution in [0, 0.1) is 0 Å². The quantitative estimate of drug-likeness (QED) is 0.255. The molecule has 2 aromatic carbocycles. The normalized spacial score (nSPS) is 12.1. The van der Waals surface area contributed by atoms with Crippen molar-refractivity contribution in [3.05, 3.63) is 67.1 Å². The average molecular weight is 432 g/mol. The maximum absolute atomic E-state index is 11.6. The Labute approximate surface area is 186 Å². The Balaban J connectivity index is 1.86. The van der Waals surface area contributed by atoms with Crippen molar-refractivity contribution in [1.82, 2.24) is 14.5 Å². The highest BCUT2D eigenvalue weighted by molar-refractivity contribution is 8.00. The lowest BCUT2D eigenvalue weighted by molar-refractivity contribution is -0.116. The number of nitrogens with zero attached hydrogens (tertiary/aromatic N) is 3. The summed E-state index contributed by atoms with van der Waals surface area (Å²) in [6.45, 7) is 6.30. The lowest BCUT2D eigenvalue weighted by Crippen LogP contribution is -2.04. The number of hydrogen-bond acceptors (Lipinski definition) is 5. The molecule has 4 aromatic rings. The van der Waals surface area contributed by atoms with Crippen LogP contribution in [-0.4, -0.2) is 32.2 Å². The lowest BCUT2D eigenvalue weighted by atomic mass is 10.1. The number of hydrogen-bond donors (Lipinski definition) is 0. The summed E-state index contributed by atoms with van der Waals surface area (Å²) in [6, 6.07) is 18.3. The Kier molecular flexibility index (Phi) is 6.37. The third kappa shape index (κ3) is 4.64. The minimum absolute atomic E-state index is 0.132. The molecule has 0 amide bonds. The van der Waals surface area contributed by atoms with E-state index in [0.717, 1.165) is 38.6 Å². The summed E-state index contributed by atoms with van der Waals surface area (Å²) in [6.07, 6.45) is 4.23. The first-order valence-electron chi connectivity index (χ1n) is 10.4. The van der Waals surface area contributed by atoms with Crippen molar-refractivity contribution in [2.24, 2.45) is 0 Å². The monoisotopic (exact) mass is 431 g/mol. The maximum atomic E-state index is 11.6. The first kappa shape index (κ1) is 21.1. The van der Waals surface area contributed by atoms with Gasteiger partial charge in [-0.3, -0.25) is 4.79 Å². The van der Waals surface area contributed by atoms with Gasteiger partial charge in [-0.25, -0.2) is 9.97 Å². The van der Waals surface area contributed by atoms with Crippen LogP contribution in [0.15, 0.2) is 72.1 Å². The fourth-order valence-electron chi connectivity index (χ4n) is 3.66. The zero-order chi connectivity index (χ0) is 21.8. The predicted octanol–water partition coefficient (Wildman–Crippen LogP) is 5.95. The van der Waals surface area contributed by atoms with Gasteiger partial charge >= 0.3 is 0 Å². The first-order chi connectivity index (χ1) is 15.1. The molecule has 6 heteroatoms. The summed E-state index contributed by atoms with van der Waals surface area (Å²) >= 11 is 1.62. The number of carbonyl (C=O) groups is 1. The molecule has 0 saturated heterocycles. The molecule has 0 aliphatic carbocycles. The summed E-state index contributed by atoms with van der Waals surface area (Å²) in [5.74, 6) is 1.02. The molecule has 0 aliphatic heterocycles. The van der Waals surface area contributed by atoms with Crippen LogP contribution in [-0.2, 0) is 4.79 Å². The second-order valence-corrected chi connectivity index (χ2v) is 8.84. The SMILES string of the molecule is CCOc1ccc(-n2cc(-c3ccccc3)c3c(SC(C)CC(C)=O)ncnc32)cc1. The molecule has 5 nitrogen and oxygen atoms in total. The highest BCUT2D eigenvalue weighted by Gasteiger charge is 2.19. The second-order valence-electron chi connectivity index (χ2n) is 7.42. The van der Waals surface area contributed by atoms with Gasteiger partial charge in [0.25, 0.3) is 0 Å². The largest absolute Gasteiger partial charge is 0.494 e. The van der Waals surface area contributed by atoms with Gasteiger partial charge < -0.3 is 9.30 Å². The topological polar surface area (TPSA) is 57.0 Å². The van der Waals surface area contributed by atoms with Gasteiger partial charge in [-0.1, -0.05) is 37.3 Å². The van der Waals surface area contributed by atoms with Crippen molar-refractivity contribution < 1.29 is 9.53 Å². The number of aromatic nitrogens is 3. The van der Waals surface area contributed by atoms with E-state index in [2.05, 4.69) is 39.8 Å².